The second kappa shape index (κ2) is 12.7. The molecular formula is C20H31BCl2N2O4. The van der Waals surface area contributed by atoms with Crippen LogP contribution in [0.1, 0.15) is 39.0 Å². The number of carbonyl (C=O) groups excluding carboxylic acids is 1. The van der Waals surface area contributed by atoms with Crippen molar-refractivity contribution in [1.82, 2.24) is 5.06 Å². The molecule has 1 unspecified atom stereocenters. The lowest BCUT2D eigenvalue weighted by Crippen LogP contribution is -2.48. The van der Waals surface area contributed by atoms with Crippen LogP contribution < -0.4 is 4.90 Å². The predicted octanol–water partition coefficient (Wildman–Crippen LogP) is 4.29. The summed E-state index contributed by atoms with van der Waals surface area (Å²) in [7, 11) is 0.610. The minimum absolute atomic E-state index is 0.0440. The molecule has 1 aromatic rings. The topological polar surface area (TPSA) is 62.2 Å². The third-order valence-electron chi connectivity index (χ3n) is 5.20. The standard InChI is InChI=1S/C20H31BCl2N2O4/c1-3-6-16(20(26)28-2)7-4-5-10-21(27)29-25-13-11-24(12-14-25)17-8-9-18(22)19(23)15-17/h8-9,15-16,27H,3-7,10-14H2,1-2H3. The number of rotatable bonds is 11. The van der Waals surface area contributed by atoms with Crippen LogP contribution in [0, 0.1) is 5.92 Å². The van der Waals surface area contributed by atoms with Crippen molar-refractivity contribution >= 4 is 42.0 Å². The van der Waals surface area contributed by atoms with Crippen LogP contribution in [0.2, 0.25) is 16.4 Å². The number of carbonyl (C=O) groups is 1. The maximum atomic E-state index is 11.7. The monoisotopic (exact) mass is 444 g/mol. The Bertz CT molecular complexity index is 645. The van der Waals surface area contributed by atoms with Crippen LogP contribution in [-0.4, -0.2) is 56.5 Å². The quantitative estimate of drug-likeness (QED) is 0.312. The highest BCUT2D eigenvalue weighted by atomic mass is 35.5. The second-order valence-corrected chi connectivity index (χ2v) is 8.18. The lowest BCUT2D eigenvalue weighted by molar-refractivity contribution is -0.146. The van der Waals surface area contributed by atoms with Gasteiger partial charge in [0.05, 0.1) is 23.1 Å². The number of ether oxygens (including phenoxy) is 1. The first kappa shape index (κ1) is 24.3. The largest absolute Gasteiger partial charge is 0.472 e. The van der Waals surface area contributed by atoms with Gasteiger partial charge < -0.3 is 19.4 Å². The Morgan fingerprint density at radius 1 is 1.17 bits per heavy atom. The van der Waals surface area contributed by atoms with Crippen molar-refractivity contribution in [3.05, 3.63) is 28.2 Å². The van der Waals surface area contributed by atoms with Crippen molar-refractivity contribution in [3.63, 3.8) is 0 Å². The van der Waals surface area contributed by atoms with Gasteiger partial charge >= 0.3 is 13.1 Å². The Labute approximate surface area is 184 Å². The molecule has 1 aromatic carbocycles. The maximum Gasteiger partial charge on any atom is 0.472 e. The zero-order valence-corrected chi connectivity index (χ0v) is 18.8. The lowest BCUT2D eigenvalue weighted by atomic mass is 9.82. The number of halogens is 2. The zero-order chi connectivity index (χ0) is 21.2. The van der Waals surface area contributed by atoms with E-state index in [0.29, 0.717) is 29.5 Å². The van der Waals surface area contributed by atoms with Gasteiger partial charge in [0.15, 0.2) is 0 Å². The summed E-state index contributed by atoms with van der Waals surface area (Å²) < 4.78 is 10.5. The van der Waals surface area contributed by atoms with Gasteiger partial charge in [-0.25, -0.2) is 0 Å². The number of methoxy groups -OCH3 is 1. The maximum absolute atomic E-state index is 11.7. The third-order valence-corrected chi connectivity index (χ3v) is 5.94. The SMILES string of the molecule is CCCC(CCCCB(O)ON1CCN(c2ccc(Cl)c(Cl)c2)CC1)C(=O)OC. The molecule has 0 saturated carbocycles. The van der Waals surface area contributed by atoms with Gasteiger partial charge in [-0.3, -0.25) is 4.79 Å². The minimum atomic E-state index is -0.825. The van der Waals surface area contributed by atoms with Crippen molar-refractivity contribution in [2.45, 2.75) is 45.3 Å². The molecule has 6 nitrogen and oxygen atoms in total. The van der Waals surface area contributed by atoms with Crippen LogP contribution in [0.15, 0.2) is 18.2 Å². The molecule has 0 spiro atoms. The third kappa shape index (κ3) is 7.98. The summed E-state index contributed by atoms with van der Waals surface area (Å²) >= 11 is 12.1. The summed E-state index contributed by atoms with van der Waals surface area (Å²) in [4.78, 5) is 14.0. The minimum Gasteiger partial charge on any atom is -0.469 e. The normalized spacial score (nSPS) is 16.0. The second-order valence-electron chi connectivity index (χ2n) is 7.37. The Kier molecular flexibility index (Phi) is 10.6. The van der Waals surface area contributed by atoms with Crippen LogP contribution in [0.4, 0.5) is 5.69 Å². The Hall–Kier alpha value is -0.985. The summed E-state index contributed by atoms with van der Waals surface area (Å²) in [6, 6.07) is 5.63. The number of anilines is 1. The molecule has 29 heavy (non-hydrogen) atoms. The molecule has 0 aliphatic carbocycles. The highest BCUT2D eigenvalue weighted by Crippen LogP contribution is 2.28. The van der Waals surface area contributed by atoms with E-state index < -0.39 is 7.12 Å². The number of piperazine rings is 1. The number of hydrogen-bond donors (Lipinski definition) is 1. The highest BCUT2D eigenvalue weighted by Gasteiger charge is 2.24. The van der Waals surface area contributed by atoms with Crippen molar-refractivity contribution in [3.8, 4) is 0 Å². The predicted molar refractivity (Wildman–Crippen MR) is 118 cm³/mol. The van der Waals surface area contributed by atoms with Gasteiger partial charge in [-0.2, -0.15) is 5.06 Å². The van der Waals surface area contributed by atoms with Crippen LogP contribution in [0.25, 0.3) is 0 Å². The molecule has 1 heterocycles. The molecule has 1 aliphatic heterocycles. The molecule has 9 heteroatoms. The van der Waals surface area contributed by atoms with E-state index in [-0.39, 0.29) is 11.9 Å². The average Bonchev–Trinajstić information content (AvgIpc) is 2.72. The van der Waals surface area contributed by atoms with Crippen molar-refractivity contribution in [2.75, 3.05) is 38.2 Å². The van der Waals surface area contributed by atoms with Gasteiger partial charge in [0.25, 0.3) is 0 Å². The Balaban J connectivity index is 1.65. The molecule has 2 rings (SSSR count). The van der Waals surface area contributed by atoms with Crippen LogP contribution >= 0.6 is 23.2 Å². The van der Waals surface area contributed by atoms with Crippen molar-refractivity contribution < 1.29 is 19.3 Å². The smallest absolute Gasteiger partial charge is 0.469 e. The molecule has 1 saturated heterocycles. The Morgan fingerprint density at radius 3 is 2.52 bits per heavy atom. The summed E-state index contributed by atoms with van der Waals surface area (Å²) in [6.45, 7) is 5.01. The average molecular weight is 445 g/mol. The summed E-state index contributed by atoms with van der Waals surface area (Å²) in [5, 5.41) is 13.1. The van der Waals surface area contributed by atoms with E-state index in [1.165, 1.54) is 7.11 Å². The highest BCUT2D eigenvalue weighted by molar-refractivity contribution is 6.42. The molecular weight excluding hydrogens is 414 g/mol. The molecule has 1 aliphatic rings. The molecule has 1 fully saturated rings. The zero-order valence-electron chi connectivity index (χ0n) is 17.3. The van der Waals surface area contributed by atoms with Crippen molar-refractivity contribution in [1.29, 1.82) is 0 Å². The fraction of sp³-hybridized carbons (Fsp3) is 0.650. The first-order valence-electron chi connectivity index (χ1n) is 10.3. The van der Waals surface area contributed by atoms with Gasteiger partial charge in [-0.1, -0.05) is 49.4 Å². The fourth-order valence-electron chi connectivity index (χ4n) is 3.56. The molecule has 0 aromatic heterocycles. The molecule has 0 bridgehead atoms. The number of nitrogens with zero attached hydrogens (tertiary/aromatic N) is 2. The van der Waals surface area contributed by atoms with E-state index in [9.17, 15) is 9.82 Å². The number of unbranched alkanes of at least 4 members (excludes halogenated alkanes) is 1. The Morgan fingerprint density at radius 2 is 1.90 bits per heavy atom. The van der Waals surface area contributed by atoms with Crippen LogP contribution in [0.3, 0.4) is 0 Å². The first-order chi connectivity index (χ1) is 13.9. The number of benzene rings is 1. The van der Waals surface area contributed by atoms with Gasteiger partial charge in [0.1, 0.15) is 0 Å². The summed E-state index contributed by atoms with van der Waals surface area (Å²) in [5.41, 5.74) is 1.03. The van der Waals surface area contributed by atoms with E-state index in [1.54, 1.807) is 6.07 Å². The number of hydroxylamine groups is 2. The van der Waals surface area contributed by atoms with Crippen molar-refractivity contribution in [2.24, 2.45) is 5.92 Å². The van der Waals surface area contributed by atoms with E-state index in [0.717, 1.165) is 50.9 Å². The van der Waals surface area contributed by atoms with Crippen LogP contribution in [0.5, 0.6) is 0 Å². The number of esters is 1. The lowest BCUT2D eigenvalue weighted by Gasteiger charge is -2.36. The molecule has 1 N–H and O–H groups in total. The summed E-state index contributed by atoms with van der Waals surface area (Å²) in [5.74, 6) is -0.180. The van der Waals surface area contributed by atoms with Gasteiger partial charge in [0, 0.05) is 31.9 Å². The van der Waals surface area contributed by atoms with Gasteiger partial charge in [-0.05, 0) is 37.4 Å². The van der Waals surface area contributed by atoms with Gasteiger partial charge in [-0.15, -0.1) is 0 Å². The van der Waals surface area contributed by atoms with E-state index >= 15 is 0 Å². The van der Waals surface area contributed by atoms with E-state index in [2.05, 4.69) is 11.8 Å². The molecule has 0 amide bonds. The first-order valence-corrected chi connectivity index (χ1v) is 11.1. The van der Waals surface area contributed by atoms with E-state index in [4.69, 9.17) is 32.7 Å². The molecule has 1 atom stereocenters. The molecule has 162 valence electrons. The van der Waals surface area contributed by atoms with E-state index in [1.807, 2.05) is 17.2 Å². The molecule has 0 radical (unpaired) electrons. The van der Waals surface area contributed by atoms with Gasteiger partial charge in [0.2, 0.25) is 0 Å². The number of hydrogen-bond acceptors (Lipinski definition) is 6. The fourth-order valence-corrected chi connectivity index (χ4v) is 3.86. The van der Waals surface area contributed by atoms with Crippen LogP contribution in [-0.2, 0) is 14.3 Å². The summed E-state index contributed by atoms with van der Waals surface area (Å²) in [6.07, 6.45) is 4.81.